The maximum atomic E-state index is 14.4. The van der Waals surface area contributed by atoms with Gasteiger partial charge in [0.25, 0.3) is 11.8 Å². The smallest absolute Gasteiger partial charge is 0.257 e. The number of hydrogen-bond donors (Lipinski definition) is 1. The Kier molecular flexibility index (Phi) is 6.50. The molecule has 8 nitrogen and oxygen atoms in total. The van der Waals surface area contributed by atoms with Gasteiger partial charge in [0, 0.05) is 25.8 Å². The van der Waals surface area contributed by atoms with Gasteiger partial charge in [0.2, 0.25) is 11.8 Å². The van der Waals surface area contributed by atoms with Gasteiger partial charge in [-0.05, 0) is 49.2 Å². The molecule has 2 atom stereocenters. The second-order valence-electron chi connectivity index (χ2n) is 8.09. The van der Waals surface area contributed by atoms with Crippen LogP contribution >= 0.6 is 0 Å². The summed E-state index contributed by atoms with van der Waals surface area (Å²) in [5.74, 6) is -2.61. The third kappa shape index (κ3) is 4.78. The van der Waals surface area contributed by atoms with Gasteiger partial charge in [-0.2, -0.15) is 0 Å². The maximum Gasteiger partial charge on any atom is 0.257 e. The Morgan fingerprint density at radius 1 is 1.15 bits per heavy atom. The molecule has 2 unspecified atom stereocenters. The highest BCUT2D eigenvalue weighted by Gasteiger charge is 2.45. The summed E-state index contributed by atoms with van der Waals surface area (Å²) in [4.78, 5) is 52.9. The lowest BCUT2D eigenvalue weighted by Gasteiger charge is -2.30. The highest BCUT2D eigenvalue weighted by atomic mass is 19.1. The molecule has 0 radical (unpaired) electrons. The molecule has 0 saturated carbocycles. The van der Waals surface area contributed by atoms with Gasteiger partial charge in [0.15, 0.2) is 0 Å². The molecular formula is C24H24FN3O5. The van der Waals surface area contributed by atoms with E-state index in [-0.39, 0.29) is 30.5 Å². The van der Waals surface area contributed by atoms with E-state index in [0.717, 1.165) is 11.3 Å². The average Bonchev–Trinajstić information content (AvgIpc) is 3.40. The van der Waals surface area contributed by atoms with Crippen LogP contribution in [-0.2, 0) is 19.1 Å². The Hall–Kier alpha value is -3.59. The molecule has 2 aromatic rings. The molecule has 4 rings (SSSR count). The minimum Gasteiger partial charge on any atom is -0.376 e. The zero-order valence-electron chi connectivity index (χ0n) is 18.1. The molecule has 0 aliphatic carbocycles. The van der Waals surface area contributed by atoms with E-state index in [1.807, 2.05) is 0 Å². The van der Waals surface area contributed by atoms with E-state index in [1.54, 1.807) is 30.3 Å². The van der Waals surface area contributed by atoms with Crippen LogP contribution in [0.5, 0.6) is 0 Å². The van der Waals surface area contributed by atoms with Gasteiger partial charge in [-0.3, -0.25) is 19.2 Å². The molecule has 0 spiro atoms. The zero-order valence-corrected chi connectivity index (χ0v) is 18.1. The van der Waals surface area contributed by atoms with Crippen molar-refractivity contribution in [2.24, 2.45) is 0 Å². The quantitative estimate of drug-likeness (QED) is 0.679. The molecule has 2 aliphatic heterocycles. The molecule has 4 amide bonds. The Bertz CT molecular complexity index is 1080. The van der Waals surface area contributed by atoms with E-state index >= 15 is 0 Å². The molecule has 2 saturated heterocycles. The first kappa shape index (κ1) is 22.6. The molecule has 2 aliphatic rings. The molecule has 0 aromatic heterocycles. The van der Waals surface area contributed by atoms with E-state index in [9.17, 15) is 23.6 Å². The first-order chi connectivity index (χ1) is 15.8. The SMILES string of the molecule is CC(=O)Nc1ccc(N2C(=O)CC(N(CC3CCCO3)C(=O)c3ccccc3F)C2=O)cc1. The summed E-state index contributed by atoms with van der Waals surface area (Å²) in [5.41, 5.74) is 0.697. The molecule has 0 bridgehead atoms. The highest BCUT2D eigenvalue weighted by Crippen LogP contribution is 2.29. The lowest BCUT2D eigenvalue weighted by atomic mass is 10.1. The van der Waals surface area contributed by atoms with Crippen LogP contribution in [0.4, 0.5) is 15.8 Å². The molecular weight excluding hydrogens is 429 g/mol. The van der Waals surface area contributed by atoms with E-state index in [4.69, 9.17) is 4.74 Å². The number of nitrogens with one attached hydrogen (secondary N) is 1. The minimum absolute atomic E-state index is 0.0894. The number of rotatable bonds is 6. The topological polar surface area (TPSA) is 96.0 Å². The van der Waals surface area contributed by atoms with Crippen molar-refractivity contribution in [3.63, 3.8) is 0 Å². The Labute approximate surface area is 190 Å². The van der Waals surface area contributed by atoms with Crippen molar-refractivity contribution in [1.82, 2.24) is 4.90 Å². The molecule has 1 N–H and O–H groups in total. The first-order valence-electron chi connectivity index (χ1n) is 10.8. The fourth-order valence-corrected chi connectivity index (χ4v) is 4.18. The summed E-state index contributed by atoms with van der Waals surface area (Å²) < 4.78 is 20.0. The third-order valence-electron chi connectivity index (χ3n) is 5.73. The summed E-state index contributed by atoms with van der Waals surface area (Å²) in [6.07, 6.45) is 1.05. The maximum absolute atomic E-state index is 14.4. The predicted octanol–water partition coefficient (Wildman–Crippen LogP) is 2.74. The second kappa shape index (κ2) is 9.50. The summed E-state index contributed by atoms with van der Waals surface area (Å²) >= 11 is 0. The third-order valence-corrected chi connectivity index (χ3v) is 5.73. The summed E-state index contributed by atoms with van der Waals surface area (Å²) in [6.45, 7) is 2.02. The van der Waals surface area contributed by atoms with Gasteiger partial charge in [0.05, 0.1) is 23.8 Å². The van der Waals surface area contributed by atoms with Crippen molar-refractivity contribution < 1.29 is 28.3 Å². The molecule has 2 aromatic carbocycles. The van der Waals surface area contributed by atoms with E-state index in [0.29, 0.717) is 24.4 Å². The van der Waals surface area contributed by atoms with Gasteiger partial charge >= 0.3 is 0 Å². The summed E-state index contributed by atoms with van der Waals surface area (Å²) in [5, 5.41) is 2.62. The van der Waals surface area contributed by atoms with Crippen molar-refractivity contribution in [3.8, 4) is 0 Å². The monoisotopic (exact) mass is 453 g/mol. The summed E-state index contributed by atoms with van der Waals surface area (Å²) in [6, 6.07) is 10.8. The van der Waals surface area contributed by atoms with Gasteiger partial charge < -0.3 is 15.0 Å². The lowest BCUT2D eigenvalue weighted by molar-refractivity contribution is -0.123. The molecule has 9 heteroatoms. The van der Waals surface area contributed by atoms with Gasteiger partial charge in [-0.25, -0.2) is 9.29 Å². The van der Waals surface area contributed by atoms with Crippen molar-refractivity contribution >= 4 is 35.0 Å². The number of carbonyl (C=O) groups excluding carboxylic acids is 4. The first-order valence-corrected chi connectivity index (χ1v) is 10.8. The highest BCUT2D eigenvalue weighted by molar-refractivity contribution is 6.23. The summed E-state index contributed by atoms with van der Waals surface area (Å²) in [7, 11) is 0. The van der Waals surface area contributed by atoms with Crippen molar-refractivity contribution in [3.05, 3.63) is 59.9 Å². The largest absolute Gasteiger partial charge is 0.376 e. The number of ether oxygens (including phenoxy) is 1. The van der Waals surface area contributed by atoms with Crippen LogP contribution in [0.15, 0.2) is 48.5 Å². The van der Waals surface area contributed by atoms with E-state index in [2.05, 4.69) is 5.32 Å². The van der Waals surface area contributed by atoms with Crippen LogP contribution in [0, 0.1) is 5.82 Å². The molecule has 2 fully saturated rings. The van der Waals surface area contributed by atoms with Crippen molar-refractivity contribution in [1.29, 1.82) is 0 Å². The van der Waals surface area contributed by atoms with Crippen LogP contribution < -0.4 is 10.2 Å². The Morgan fingerprint density at radius 2 is 1.88 bits per heavy atom. The van der Waals surface area contributed by atoms with E-state index < -0.39 is 29.6 Å². The van der Waals surface area contributed by atoms with Gasteiger partial charge in [0.1, 0.15) is 11.9 Å². The molecule has 2 heterocycles. The van der Waals surface area contributed by atoms with Crippen LogP contribution in [0.25, 0.3) is 0 Å². The number of imide groups is 1. The number of hydrogen-bond acceptors (Lipinski definition) is 5. The van der Waals surface area contributed by atoms with Crippen molar-refractivity contribution in [2.45, 2.75) is 38.3 Å². The van der Waals surface area contributed by atoms with Gasteiger partial charge in [-0.1, -0.05) is 12.1 Å². The average molecular weight is 453 g/mol. The van der Waals surface area contributed by atoms with Crippen LogP contribution in [-0.4, -0.2) is 53.8 Å². The predicted molar refractivity (Wildman–Crippen MR) is 118 cm³/mol. The van der Waals surface area contributed by atoms with Crippen LogP contribution in [0.1, 0.15) is 36.5 Å². The van der Waals surface area contributed by atoms with Gasteiger partial charge in [-0.15, -0.1) is 0 Å². The molecule has 33 heavy (non-hydrogen) atoms. The Morgan fingerprint density at radius 3 is 2.52 bits per heavy atom. The molecule has 172 valence electrons. The number of carbonyl (C=O) groups is 4. The standard InChI is InChI=1S/C24H24FN3O5/c1-15(29)26-16-8-10-17(11-9-16)28-22(30)13-21(24(28)32)27(14-18-5-4-12-33-18)23(31)19-6-2-3-7-20(19)25/h2-3,6-11,18,21H,4-5,12-14H2,1H3,(H,26,29). The fraction of sp³-hybridized carbons (Fsp3) is 0.333. The minimum atomic E-state index is -1.07. The number of anilines is 2. The van der Waals surface area contributed by atoms with Crippen LogP contribution in [0.2, 0.25) is 0 Å². The number of amides is 4. The lowest BCUT2D eigenvalue weighted by Crippen LogP contribution is -2.48. The normalized spacial score (nSPS) is 20.2. The number of halogens is 1. The van der Waals surface area contributed by atoms with E-state index in [1.165, 1.54) is 30.0 Å². The van der Waals surface area contributed by atoms with Crippen LogP contribution in [0.3, 0.4) is 0 Å². The van der Waals surface area contributed by atoms with Crippen molar-refractivity contribution in [2.75, 3.05) is 23.4 Å². The number of nitrogens with zero attached hydrogens (tertiary/aromatic N) is 2. The fourth-order valence-electron chi connectivity index (χ4n) is 4.18. The Balaban J connectivity index is 1.61. The second-order valence-corrected chi connectivity index (χ2v) is 8.09. The number of benzene rings is 2. The zero-order chi connectivity index (χ0) is 23.5.